The van der Waals surface area contributed by atoms with Gasteiger partial charge in [0.15, 0.2) is 0 Å². The maximum atomic E-state index is 11.7. The highest BCUT2D eigenvalue weighted by Gasteiger charge is 2.17. The number of esters is 1. The van der Waals surface area contributed by atoms with Crippen LogP contribution in [0.1, 0.15) is 36.0 Å². The fraction of sp³-hybridized carbons (Fsp3) is 0.462. The van der Waals surface area contributed by atoms with Gasteiger partial charge in [0.25, 0.3) is 0 Å². The quantitative estimate of drug-likeness (QED) is 0.628. The monoisotopic (exact) mass is 219 g/mol. The highest BCUT2D eigenvalue weighted by molar-refractivity contribution is 5.90. The summed E-state index contributed by atoms with van der Waals surface area (Å²) in [6.07, 6.45) is 4.90. The minimum Gasteiger partial charge on any atom is -0.462 e. The normalized spacial score (nSPS) is 16.2. The van der Waals surface area contributed by atoms with Gasteiger partial charge in [-0.05, 0) is 37.0 Å². The molecule has 3 nitrogen and oxygen atoms in total. The number of carbonyl (C=O) groups excluding carboxylic acids is 1. The minimum absolute atomic E-state index is 0.265. The molecule has 1 aromatic rings. The van der Waals surface area contributed by atoms with Crippen LogP contribution >= 0.6 is 0 Å². The van der Waals surface area contributed by atoms with E-state index in [1.165, 1.54) is 25.7 Å². The largest absolute Gasteiger partial charge is 0.462 e. The highest BCUT2D eigenvalue weighted by atomic mass is 16.5. The summed E-state index contributed by atoms with van der Waals surface area (Å²) >= 11 is 0. The molecule has 0 saturated heterocycles. The molecule has 2 rings (SSSR count). The lowest BCUT2D eigenvalue weighted by Crippen LogP contribution is -2.12. The van der Waals surface area contributed by atoms with Crippen molar-refractivity contribution in [3.8, 4) is 0 Å². The van der Waals surface area contributed by atoms with Crippen LogP contribution in [0, 0.1) is 5.92 Å². The lowest BCUT2D eigenvalue weighted by Gasteiger charge is -2.10. The van der Waals surface area contributed by atoms with Crippen molar-refractivity contribution in [1.29, 1.82) is 0 Å². The molecule has 0 bridgehead atoms. The van der Waals surface area contributed by atoms with Crippen molar-refractivity contribution in [2.45, 2.75) is 25.7 Å². The van der Waals surface area contributed by atoms with Gasteiger partial charge >= 0.3 is 5.97 Å². The first-order chi connectivity index (χ1) is 7.75. The maximum absolute atomic E-state index is 11.7. The van der Waals surface area contributed by atoms with E-state index in [2.05, 4.69) is 0 Å². The Bertz CT molecular complexity index is 370. The first-order valence-electron chi connectivity index (χ1n) is 5.78. The Morgan fingerprint density at radius 3 is 2.81 bits per heavy atom. The molecule has 1 saturated carbocycles. The van der Waals surface area contributed by atoms with Gasteiger partial charge in [0, 0.05) is 5.69 Å². The average molecular weight is 219 g/mol. The van der Waals surface area contributed by atoms with Crippen molar-refractivity contribution in [2.75, 3.05) is 12.3 Å². The molecule has 0 aliphatic heterocycles. The molecule has 0 aromatic heterocycles. The Morgan fingerprint density at radius 1 is 1.38 bits per heavy atom. The first kappa shape index (κ1) is 11.0. The van der Waals surface area contributed by atoms with Gasteiger partial charge in [-0.3, -0.25) is 0 Å². The second-order valence-corrected chi connectivity index (χ2v) is 4.37. The van der Waals surface area contributed by atoms with E-state index in [4.69, 9.17) is 10.5 Å². The van der Waals surface area contributed by atoms with E-state index in [1.807, 2.05) is 0 Å². The minimum atomic E-state index is -0.265. The summed E-state index contributed by atoms with van der Waals surface area (Å²) in [4.78, 5) is 11.7. The first-order valence-corrected chi connectivity index (χ1v) is 5.78. The molecule has 1 aliphatic rings. The zero-order chi connectivity index (χ0) is 11.4. The van der Waals surface area contributed by atoms with Gasteiger partial charge in [0.2, 0.25) is 0 Å². The van der Waals surface area contributed by atoms with Crippen LogP contribution in [-0.2, 0) is 4.74 Å². The summed E-state index contributed by atoms with van der Waals surface area (Å²) in [5.41, 5.74) is 6.74. The third-order valence-corrected chi connectivity index (χ3v) is 3.05. The van der Waals surface area contributed by atoms with Crippen LogP contribution in [0.5, 0.6) is 0 Å². The standard InChI is InChI=1S/C13H17NO2/c14-12-7-3-6-11(8-12)13(15)16-9-10-4-1-2-5-10/h3,6-8,10H,1-2,4-5,9,14H2. The molecule has 0 spiro atoms. The summed E-state index contributed by atoms with van der Waals surface area (Å²) in [7, 11) is 0. The fourth-order valence-corrected chi connectivity index (χ4v) is 2.12. The molecule has 2 N–H and O–H groups in total. The van der Waals surface area contributed by atoms with Gasteiger partial charge in [-0.15, -0.1) is 0 Å². The number of ether oxygens (including phenoxy) is 1. The topological polar surface area (TPSA) is 52.3 Å². The molecule has 3 heteroatoms. The number of hydrogen-bond acceptors (Lipinski definition) is 3. The van der Waals surface area contributed by atoms with Gasteiger partial charge < -0.3 is 10.5 Å². The summed E-state index contributed by atoms with van der Waals surface area (Å²) < 4.78 is 5.27. The predicted octanol–water partition coefficient (Wildman–Crippen LogP) is 2.62. The molecule has 86 valence electrons. The van der Waals surface area contributed by atoms with Crippen molar-refractivity contribution >= 4 is 11.7 Å². The van der Waals surface area contributed by atoms with Crippen LogP contribution in [0.15, 0.2) is 24.3 Å². The van der Waals surface area contributed by atoms with E-state index in [1.54, 1.807) is 24.3 Å². The molecule has 1 aromatic carbocycles. The fourth-order valence-electron chi connectivity index (χ4n) is 2.12. The lowest BCUT2D eigenvalue weighted by atomic mass is 10.1. The van der Waals surface area contributed by atoms with Crippen molar-refractivity contribution in [3.63, 3.8) is 0 Å². The molecule has 16 heavy (non-hydrogen) atoms. The van der Waals surface area contributed by atoms with E-state index in [-0.39, 0.29) is 5.97 Å². The Morgan fingerprint density at radius 2 is 2.12 bits per heavy atom. The molecule has 1 fully saturated rings. The Balaban J connectivity index is 1.87. The average Bonchev–Trinajstić information content (AvgIpc) is 2.78. The van der Waals surface area contributed by atoms with Gasteiger partial charge in [0.05, 0.1) is 12.2 Å². The Labute approximate surface area is 95.6 Å². The Hall–Kier alpha value is -1.51. The zero-order valence-electron chi connectivity index (χ0n) is 9.32. The number of benzene rings is 1. The summed E-state index contributed by atoms with van der Waals surface area (Å²) in [5, 5.41) is 0. The third kappa shape index (κ3) is 2.75. The molecule has 0 heterocycles. The van der Waals surface area contributed by atoms with Gasteiger partial charge in [-0.25, -0.2) is 4.79 Å². The van der Waals surface area contributed by atoms with E-state index in [0.717, 1.165) is 0 Å². The second kappa shape index (κ2) is 5.01. The van der Waals surface area contributed by atoms with Crippen molar-refractivity contribution < 1.29 is 9.53 Å². The molecule has 0 radical (unpaired) electrons. The van der Waals surface area contributed by atoms with Gasteiger partial charge in [0.1, 0.15) is 0 Å². The number of nitrogens with two attached hydrogens (primary N) is 1. The second-order valence-electron chi connectivity index (χ2n) is 4.37. The van der Waals surface area contributed by atoms with Crippen LogP contribution < -0.4 is 5.73 Å². The molecule has 0 amide bonds. The summed E-state index contributed by atoms with van der Waals surface area (Å²) in [5.74, 6) is 0.296. The number of carbonyl (C=O) groups is 1. The molecular formula is C13H17NO2. The summed E-state index contributed by atoms with van der Waals surface area (Å²) in [6.45, 7) is 0.549. The van der Waals surface area contributed by atoms with E-state index in [9.17, 15) is 4.79 Å². The maximum Gasteiger partial charge on any atom is 0.338 e. The number of rotatable bonds is 3. The number of anilines is 1. The predicted molar refractivity (Wildman–Crippen MR) is 63.1 cm³/mol. The van der Waals surface area contributed by atoms with E-state index >= 15 is 0 Å². The summed E-state index contributed by atoms with van der Waals surface area (Å²) in [6, 6.07) is 6.90. The molecule has 0 atom stereocenters. The van der Waals surface area contributed by atoms with Crippen molar-refractivity contribution in [2.24, 2.45) is 5.92 Å². The van der Waals surface area contributed by atoms with Crippen LogP contribution in [0.25, 0.3) is 0 Å². The van der Waals surface area contributed by atoms with E-state index in [0.29, 0.717) is 23.8 Å². The number of nitrogen functional groups attached to an aromatic ring is 1. The molecule has 0 unspecified atom stereocenters. The van der Waals surface area contributed by atoms with Gasteiger partial charge in [-0.1, -0.05) is 18.9 Å². The van der Waals surface area contributed by atoms with Crippen LogP contribution in [0.2, 0.25) is 0 Å². The highest BCUT2D eigenvalue weighted by Crippen LogP contribution is 2.25. The molecule has 1 aliphatic carbocycles. The SMILES string of the molecule is Nc1cccc(C(=O)OCC2CCCC2)c1. The van der Waals surface area contributed by atoms with Crippen molar-refractivity contribution in [3.05, 3.63) is 29.8 Å². The number of hydrogen-bond donors (Lipinski definition) is 1. The third-order valence-electron chi connectivity index (χ3n) is 3.05. The van der Waals surface area contributed by atoms with Crippen LogP contribution in [-0.4, -0.2) is 12.6 Å². The van der Waals surface area contributed by atoms with E-state index < -0.39 is 0 Å². The van der Waals surface area contributed by atoms with Crippen LogP contribution in [0.3, 0.4) is 0 Å². The van der Waals surface area contributed by atoms with Crippen molar-refractivity contribution in [1.82, 2.24) is 0 Å². The smallest absolute Gasteiger partial charge is 0.338 e. The zero-order valence-corrected chi connectivity index (χ0v) is 9.32. The lowest BCUT2D eigenvalue weighted by molar-refractivity contribution is 0.0442. The van der Waals surface area contributed by atoms with Gasteiger partial charge in [-0.2, -0.15) is 0 Å². The molecular weight excluding hydrogens is 202 g/mol. The Kier molecular flexibility index (Phi) is 3.44. The van der Waals surface area contributed by atoms with Crippen LogP contribution in [0.4, 0.5) is 5.69 Å².